The minimum atomic E-state index is -1.47. The van der Waals surface area contributed by atoms with Crippen LogP contribution in [0.15, 0.2) is 29.4 Å². The summed E-state index contributed by atoms with van der Waals surface area (Å²) in [6.45, 7) is 6.02. The van der Waals surface area contributed by atoms with E-state index in [9.17, 15) is 19.1 Å². The van der Waals surface area contributed by atoms with Crippen LogP contribution in [0.25, 0.3) is 11.0 Å². The third kappa shape index (κ3) is 5.26. The molecule has 2 aromatic rings. The molecular formula is C19H24N4O5S. The van der Waals surface area contributed by atoms with Crippen LogP contribution in [0.4, 0.5) is 10.5 Å². The maximum atomic E-state index is 12.9. The summed E-state index contributed by atoms with van der Waals surface area (Å²) in [4.78, 5) is 33.1. The monoisotopic (exact) mass is 420 g/mol. The molecule has 0 bridgehead atoms. The van der Waals surface area contributed by atoms with Gasteiger partial charge in [0.05, 0.1) is 38.7 Å². The van der Waals surface area contributed by atoms with Gasteiger partial charge in [0.25, 0.3) is 5.69 Å². The number of carbonyl (C=O) groups is 1. The summed E-state index contributed by atoms with van der Waals surface area (Å²) in [6.07, 6.45) is 3.57. The number of nitro benzene ring substituents is 1. The molecule has 1 aromatic heterocycles. The Hall–Kier alpha value is -2.62. The van der Waals surface area contributed by atoms with Crippen LogP contribution in [0.5, 0.6) is 0 Å². The van der Waals surface area contributed by atoms with Gasteiger partial charge in [0, 0.05) is 24.7 Å². The number of aromatic nitrogens is 2. The maximum absolute atomic E-state index is 12.9. The molecule has 2 atom stereocenters. The normalized spacial score (nSPS) is 18.4. The first-order chi connectivity index (χ1) is 13.6. The van der Waals surface area contributed by atoms with E-state index in [1.807, 2.05) is 20.8 Å². The second-order valence-corrected chi connectivity index (χ2v) is 9.42. The van der Waals surface area contributed by atoms with Gasteiger partial charge in [0.2, 0.25) is 0 Å². The van der Waals surface area contributed by atoms with E-state index in [1.165, 1.54) is 24.4 Å². The summed E-state index contributed by atoms with van der Waals surface area (Å²) in [6, 6.07) is 3.97. The van der Waals surface area contributed by atoms with Crippen molar-refractivity contribution in [1.82, 2.24) is 14.9 Å². The fourth-order valence-corrected chi connectivity index (χ4v) is 4.44. The van der Waals surface area contributed by atoms with E-state index in [2.05, 4.69) is 9.97 Å². The average Bonchev–Trinajstić information content (AvgIpc) is 2.66. The van der Waals surface area contributed by atoms with Crippen molar-refractivity contribution in [2.45, 2.75) is 56.7 Å². The Morgan fingerprint density at radius 2 is 2.10 bits per heavy atom. The minimum Gasteiger partial charge on any atom is -0.444 e. The Labute approximate surface area is 171 Å². The highest BCUT2D eigenvalue weighted by Crippen LogP contribution is 2.23. The smallest absolute Gasteiger partial charge is 0.410 e. The van der Waals surface area contributed by atoms with Crippen LogP contribution < -0.4 is 0 Å². The van der Waals surface area contributed by atoms with Crippen LogP contribution >= 0.6 is 0 Å². The molecular weight excluding hydrogens is 396 g/mol. The molecule has 1 saturated heterocycles. The summed E-state index contributed by atoms with van der Waals surface area (Å²) in [5.41, 5.74) is 0.142. The van der Waals surface area contributed by atoms with Crippen LogP contribution in [0.1, 0.15) is 40.0 Å². The highest BCUT2D eigenvalue weighted by molar-refractivity contribution is 7.85. The zero-order chi connectivity index (χ0) is 21.2. The third-order valence-electron chi connectivity index (χ3n) is 4.55. The molecule has 1 aliphatic heterocycles. The molecule has 3 rings (SSSR count). The summed E-state index contributed by atoms with van der Waals surface area (Å²) in [5, 5.41) is 11.2. The lowest BCUT2D eigenvalue weighted by Crippen LogP contribution is -2.48. The van der Waals surface area contributed by atoms with Crippen molar-refractivity contribution in [3.05, 3.63) is 34.5 Å². The van der Waals surface area contributed by atoms with Gasteiger partial charge < -0.3 is 9.64 Å². The Balaban J connectivity index is 1.76. The molecule has 0 radical (unpaired) electrons. The molecule has 0 N–H and O–H groups in total. The number of likely N-dealkylation sites (tertiary alicyclic amines) is 1. The van der Waals surface area contributed by atoms with Crippen molar-refractivity contribution in [2.75, 3.05) is 12.3 Å². The van der Waals surface area contributed by atoms with Gasteiger partial charge in [-0.05, 0) is 46.1 Å². The Morgan fingerprint density at radius 1 is 1.34 bits per heavy atom. The van der Waals surface area contributed by atoms with Gasteiger partial charge in [-0.25, -0.2) is 9.78 Å². The molecule has 0 unspecified atom stereocenters. The van der Waals surface area contributed by atoms with Gasteiger partial charge in [-0.3, -0.25) is 19.3 Å². The van der Waals surface area contributed by atoms with Crippen molar-refractivity contribution in [2.24, 2.45) is 0 Å². The highest BCUT2D eigenvalue weighted by atomic mass is 32.2. The number of non-ortho nitro benzene ring substituents is 1. The third-order valence-corrected chi connectivity index (χ3v) is 5.90. The summed E-state index contributed by atoms with van der Waals surface area (Å²) in [5.74, 6) is 0.242. The molecule has 2 heterocycles. The topological polar surface area (TPSA) is 116 Å². The predicted molar refractivity (Wildman–Crippen MR) is 108 cm³/mol. The average molecular weight is 420 g/mol. The van der Waals surface area contributed by atoms with E-state index >= 15 is 0 Å². The largest absolute Gasteiger partial charge is 0.444 e. The van der Waals surface area contributed by atoms with Crippen LogP contribution in [-0.4, -0.2) is 54.0 Å². The quantitative estimate of drug-likeness (QED) is 0.549. The number of piperidine rings is 1. The number of nitrogens with zero attached hydrogens (tertiary/aromatic N) is 4. The van der Waals surface area contributed by atoms with Gasteiger partial charge in [-0.2, -0.15) is 0 Å². The van der Waals surface area contributed by atoms with E-state index in [-0.39, 0.29) is 17.5 Å². The van der Waals surface area contributed by atoms with Crippen LogP contribution in [-0.2, 0) is 15.5 Å². The number of fused-ring (bicyclic) bond motifs is 1. The number of nitro groups is 1. The maximum Gasteiger partial charge on any atom is 0.410 e. The zero-order valence-electron chi connectivity index (χ0n) is 16.7. The van der Waals surface area contributed by atoms with Crippen molar-refractivity contribution in [3.63, 3.8) is 0 Å². The first-order valence-corrected chi connectivity index (χ1v) is 10.7. The van der Waals surface area contributed by atoms with Gasteiger partial charge in [-0.15, -0.1) is 0 Å². The first-order valence-electron chi connectivity index (χ1n) is 9.43. The van der Waals surface area contributed by atoms with Crippen molar-refractivity contribution >= 4 is 33.6 Å². The first kappa shape index (κ1) is 21.1. The molecule has 10 heteroatoms. The highest BCUT2D eigenvalue weighted by Gasteiger charge is 2.32. The molecule has 29 heavy (non-hydrogen) atoms. The fraction of sp³-hybridized carbons (Fsp3) is 0.526. The van der Waals surface area contributed by atoms with Gasteiger partial charge in [0.15, 0.2) is 0 Å². The minimum absolute atomic E-state index is 0.0733. The molecule has 0 saturated carbocycles. The van der Waals surface area contributed by atoms with E-state index in [1.54, 1.807) is 4.90 Å². The van der Waals surface area contributed by atoms with Crippen LogP contribution in [0, 0.1) is 10.1 Å². The molecule has 0 aliphatic carbocycles. The Morgan fingerprint density at radius 3 is 2.79 bits per heavy atom. The van der Waals surface area contributed by atoms with Crippen molar-refractivity contribution in [1.29, 1.82) is 0 Å². The Kier molecular flexibility index (Phi) is 6.11. The summed E-state index contributed by atoms with van der Waals surface area (Å²) < 4.78 is 18.4. The summed E-state index contributed by atoms with van der Waals surface area (Å²) in [7, 11) is -1.47. The predicted octanol–water partition coefficient (Wildman–Crippen LogP) is 3.44. The van der Waals surface area contributed by atoms with Crippen molar-refractivity contribution in [3.8, 4) is 0 Å². The number of hydrogen-bond donors (Lipinski definition) is 0. The Bertz CT molecular complexity index is 959. The number of hydrogen-bond acceptors (Lipinski definition) is 7. The van der Waals surface area contributed by atoms with Crippen molar-refractivity contribution < 1.29 is 18.7 Å². The molecule has 9 nitrogen and oxygen atoms in total. The fourth-order valence-electron chi connectivity index (χ4n) is 3.20. The molecule has 1 aromatic carbocycles. The number of ether oxygens (including phenoxy) is 1. The number of rotatable bonds is 4. The second-order valence-electron chi connectivity index (χ2n) is 7.97. The summed E-state index contributed by atoms with van der Waals surface area (Å²) >= 11 is 0. The van der Waals surface area contributed by atoms with Gasteiger partial charge >= 0.3 is 6.09 Å². The lowest BCUT2D eigenvalue weighted by atomic mass is 10.0. The van der Waals surface area contributed by atoms with Gasteiger partial charge in [-0.1, -0.05) is 0 Å². The van der Waals surface area contributed by atoms with Crippen LogP contribution in [0.2, 0.25) is 0 Å². The van der Waals surface area contributed by atoms with E-state index < -0.39 is 27.4 Å². The molecule has 1 fully saturated rings. The van der Waals surface area contributed by atoms with Crippen LogP contribution in [0.3, 0.4) is 0 Å². The van der Waals surface area contributed by atoms with E-state index in [0.717, 1.165) is 19.3 Å². The molecule has 156 valence electrons. The zero-order valence-corrected chi connectivity index (χ0v) is 17.5. The number of amides is 1. The molecule has 1 aliphatic rings. The lowest BCUT2D eigenvalue weighted by molar-refractivity contribution is -0.384. The second kappa shape index (κ2) is 8.40. The number of benzene rings is 1. The number of carbonyl (C=O) groups excluding carboxylic acids is 1. The van der Waals surface area contributed by atoms with Gasteiger partial charge in [0.1, 0.15) is 10.6 Å². The standard InChI is InChI=1S/C19H24N4O5S/c1-19(2,3)28-18(24)22-9-5-4-6-14(22)12-29(27)17-11-20-16-10-13(23(25)26)7-8-15(16)21-17/h7-8,10-11,14H,4-6,9,12H2,1-3H3/t14-,29+/m1/s1. The lowest BCUT2D eigenvalue weighted by Gasteiger charge is -2.36. The van der Waals surface area contributed by atoms with E-state index in [0.29, 0.717) is 22.6 Å². The molecule has 1 amide bonds. The van der Waals surface area contributed by atoms with E-state index in [4.69, 9.17) is 4.74 Å². The molecule has 0 spiro atoms. The SMILES string of the molecule is CC(C)(C)OC(=O)N1CCCC[C@@H]1C[S@](=O)c1cnc2cc([N+](=O)[O-])ccc2n1.